The average molecular weight is 365 g/mol. The van der Waals surface area contributed by atoms with Crippen molar-refractivity contribution in [1.82, 2.24) is 14.5 Å². The molecular formula is C14H13BrN4OS. The van der Waals surface area contributed by atoms with Gasteiger partial charge in [-0.1, -0.05) is 21.1 Å². The Morgan fingerprint density at radius 3 is 2.43 bits per heavy atom. The van der Waals surface area contributed by atoms with Gasteiger partial charge >= 0.3 is 0 Å². The van der Waals surface area contributed by atoms with Gasteiger partial charge in [0.1, 0.15) is 5.00 Å². The van der Waals surface area contributed by atoms with Crippen LogP contribution in [0.3, 0.4) is 0 Å². The Morgan fingerprint density at radius 2 is 1.86 bits per heavy atom. The van der Waals surface area contributed by atoms with E-state index in [0.717, 1.165) is 32.4 Å². The minimum atomic E-state index is 0.409. The van der Waals surface area contributed by atoms with Gasteiger partial charge in [0.2, 0.25) is 5.82 Å². The molecule has 21 heavy (non-hydrogen) atoms. The minimum Gasteiger partial charge on any atom is -0.389 e. The second-order valence-corrected chi connectivity index (χ2v) is 6.45. The van der Waals surface area contributed by atoms with E-state index in [9.17, 15) is 0 Å². The van der Waals surface area contributed by atoms with Crippen LogP contribution in [0.15, 0.2) is 21.1 Å². The molecule has 3 aromatic rings. The van der Waals surface area contributed by atoms with Crippen LogP contribution in [0.25, 0.3) is 22.8 Å². The van der Waals surface area contributed by atoms with Crippen LogP contribution >= 0.6 is 27.5 Å². The highest BCUT2D eigenvalue weighted by molar-refractivity contribution is 9.10. The van der Waals surface area contributed by atoms with E-state index in [4.69, 9.17) is 10.3 Å². The molecule has 0 amide bonds. The molecule has 0 aliphatic carbocycles. The first-order valence-electron chi connectivity index (χ1n) is 6.30. The van der Waals surface area contributed by atoms with Crippen molar-refractivity contribution in [1.29, 1.82) is 0 Å². The van der Waals surface area contributed by atoms with Crippen LogP contribution in [-0.4, -0.2) is 14.5 Å². The maximum Gasteiger partial charge on any atom is 0.263 e. The summed E-state index contributed by atoms with van der Waals surface area (Å²) in [5.74, 6) is 0.959. The van der Waals surface area contributed by atoms with Gasteiger partial charge in [-0.05, 0) is 55.6 Å². The smallest absolute Gasteiger partial charge is 0.263 e. The summed E-state index contributed by atoms with van der Waals surface area (Å²) in [5.41, 5.74) is 10.6. The van der Waals surface area contributed by atoms with E-state index in [1.807, 2.05) is 32.9 Å². The molecule has 0 spiro atoms. The Kier molecular flexibility index (Phi) is 3.54. The fourth-order valence-electron chi connectivity index (χ4n) is 2.16. The molecule has 0 saturated carbocycles. The largest absolute Gasteiger partial charge is 0.389 e. The van der Waals surface area contributed by atoms with Crippen molar-refractivity contribution in [2.24, 2.45) is 0 Å². The summed E-state index contributed by atoms with van der Waals surface area (Å²) in [6.45, 7) is 5.94. The number of halogens is 1. The third-order valence-electron chi connectivity index (χ3n) is 3.22. The zero-order chi connectivity index (χ0) is 15.1. The number of aromatic nitrogens is 3. The van der Waals surface area contributed by atoms with Crippen LogP contribution in [0.4, 0.5) is 5.00 Å². The van der Waals surface area contributed by atoms with E-state index >= 15 is 0 Å². The lowest BCUT2D eigenvalue weighted by Gasteiger charge is -2.04. The lowest BCUT2D eigenvalue weighted by atomic mass is 10.1. The van der Waals surface area contributed by atoms with E-state index in [1.54, 1.807) is 0 Å². The van der Waals surface area contributed by atoms with Crippen molar-refractivity contribution in [3.63, 3.8) is 0 Å². The number of nitrogens with two attached hydrogens (primary N) is 1. The maximum absolute atomic E-state index is 5.91. The standard InChI is InChI=1S/C14H13BrN4OS/c1-6-4-9(5-7(2)11(6)15)13-17-14(20-18-13)10-8(3)19-21-12(10)16/h4-5H,16H2,1-3H3. The quantitative estimate of drug-likeness (QED) is 0.739. The second kappa shape index (κ2) is 5.23. The Morgan fingerprint density at radius 1 is 1.19 bits per heavy atom. The molecule has 5 nitrogen and oxygen atoms in total. The summed E-state index contributed by atoms with van der Waals surface area (Å²) in [4.78, 5) is 4.45. The summed E-state index contributed by atoms with van der Waals surface area (Å²) in [7, 11) is 0. The van der Waals surface area contributed by atoms with Gasteiger partial charge in [0.15, 0.2) is 0 Å². The van der Waals surface area contributed by atoms with E-state index in [0.29, 0.717) is 16.7 Å². The van der Waals surface area contributed by atoms with Crippen LogP contribution in [0.5, 0.6) is 0 Å². The van der Waals surface area contributed by atoms with Gasteiger partial charge in [-0.2, -0.15) is 9.36 Å². The minimum absolute atomic E-state index is 0.409. The van der Waals surface area contributed by atoms with Crippen molar-refractivity contribution < 1.29 is 4.52 Å². The van der Waals surface area contributed by atoms with Crippen LogP contribution in [0.1, 0.15) is 16.8 Å². The van der Waals surface area contributed by atoms with Gasteiger partial charge in [-0.3, -0.25) is 0 Å². The van der Waals surface area contributed by atoms with E-state index in [1.165, 1.54) is 11.5 Å². The Labute approximate surface area is 134 Å². The molecular weight excluding hydrogens is 352 g/mol. The number of aryl methyl sites for hydroxylation is 3. The van der Waals surface area contributed by atoms with Crippen molar-refractivity contribution in [3.05, 3.63) is 33.4 Å². The lowest BCUT2D eigenvalue weighted by molar-refractivity contribution is 0.432. The maximum atomic E-state index is 5.91. The van der Waals surface area contributed by atoms with Crippen molar-refractivity contribution in [2.75, 3.05) is 5.73 Å². The molecule has 0 aliphatic rings. The van der Waals surface area contributed by atoms with Crippen molar-refractivity contribution in [2.45, 2.75) is 20.8 Å². The van der Waals surface area contributed by atoms with Gasteiger partial charge in [0, 0.05) is 10.0 Å². The van der Waals surface area contributed by atoms with Gasteiger partial charge in [0.25, 0.3) is 5.89 Å². The van der Waals surface area contributed by atoms with Crippen LogP contribution in [0, 0.1) is 20.8 Å². The predicted molar refractivity (Wildman–Crippen MR) is 87.2 cm³/mol. The van der Waals surface area contributed by atoms with E-state index < -0.39 is 0 Å². The number of nitrogen functional groups attached to an aromatic ring is 1. The van der Waals surface area contributed by atoms with Crippen molar-refractivity contribution >= 4 is 32.5 Å². The molecule has 3 rings (SSSR count). The van der Waals surface area contributed by atoms with Crippen molar-refractivity contribution in [3.8, 4) is 22.8 Å². The molecule has 2 aromatic heterocycles. The fourth-order valence-corrected chi connectivity index (χ4v) is 3.05. The molecule has 2 N–H and O–H groups in total. The molecule has 0 aliphatic heterocycles. The number of hydrogen-bond donors (Lipinski definition) is 1. The SMILES string of the molecule is Cc1cc(-c2noc(-c3c(C)nsc3N)n2)cc(C)c1Br. The summed E-state index contributed by atoms with van der Waals surface area (Å²) < 4.78 is 10.6. The van der Waals surface area contributed by atoms with Crippen LogP contribution < -0.4 is 5.73 Å². The van der Waals surface area contributed by atoms with Gasteiger partial charge < -0.3 is 10.3 Å². The van der Waals surface area contributed by atoms with E-state index in [2.05, 4.69) is 30.4 Å². The first kappa shape index (κ1) is 14.2. The number of benzene rings is 1. The van der Waals surface area contributed by atoms with Gasteiger partial charge in [-0.15, -0.1) is 0 Å². The Balaban J connectivity index is 2.07. The third kappa shape index (κ3) is 2.47. The first-order valence-corrected chi connectivity index (χ1v) is 7.87. The lowest BCUT2D eigenvalue weighted by Crippen LogP contribution is -1.88. The zero-order valence-electron chi connectivity index (χ0n) is 11.8. The monoisotopic (exact) mass is 364 g/mol. The zero-order valence-corrected chi connectivity index (χ0v) is 14.2. The number of nitrogens with zero attached hydrogens (tertiary/aromatic N) is 3. The number of rotatable bonds is 2. The molecule has 0 saturated heterocycles. The highest BCUT2D eigenvalue weighted by Crippen LogP contribution is 2.33. The highest BCUT2D eigenvalue weighted by atomic mass is 79.9. The Hall–Kier alpha value is -1.73. The van der Waals surface area contributed by atoms with Crippen LogP contribution in [0.2, 0.25) is 0 Å². The predicted octanol–water partition coefficient (Wildman–Crippen LogP) is 4.13. The summed E-state index contributed by atoms with van der Waals surface area (Å²) in [5, 5.41) is 4.65. The summed E-state index contributed by atoms with van der Waals surface area (Å²) in [6, 6.07) is 4.04. The van der Waals surface area contributed by atoms with Crippen LogP contribution in [-0.2, 0) is 0 Å². The molecule has 2 heterocycles. The molecule has 0 unspecified atom stereocenters. The van der Waals surface area contributed by atoms with Gasteiger partial charge in [0.05, 0.1) is 11.3 Å². The molecule has 0 bridgehead atoms. The van der Waals surface area contributed by atoms with Gasteiger partial charge in [-0.25, -0.2) is 0 Å². The second-order valence-electron chi connectivity index (χ2n) is 4.85. The molecule has 0 radical (unpaired) electrons. The number of anilines is 1. The molecule has 0 atom stereocenters. The Bertz CT molecular complexity index is 782. The first-order chi connectivity index (χ1) is 9.97. The summed E-state index contributed by atoms with van der Waals surface area (Å²) in [6.07, 6.45) is 0. The normalized spacial score (nSPS) is 11.0. The number of hydrogen-bond acceptors (Lipinski definition) is 6. The molecule has 0 fully saturated rings. The average Bonchev–Trinajstić information content (AvgIpc) is 3.02. The topological polar surface area (TPSA) is 77.8 Å². The third-order valence-corrected chi connectivity index (χ3v) is 5.24. The summed E-state index contributed by atoms with van der Waals surface area (Å²) >= 11 is 4.79. The van der Waals surface area contributed by atoms with E-state index in [-0.39, 0.29) is 0 Å². The molecule has 1 aromatic carbocycles. The highest BCUT2D eigenvalue weighted by Gasteiger charge is 2.18. The fraction of sp³-hybridized carbons (Fsp3) is 0.214. The molecule has 7 heteroatoms. The molecule has 108 valence electrons.